The Bertz CT molecular complexity index is 714. The van der Waals surface area contributed by atoms with Crippen molar-refractivity contribution in [3.05, 3.63) is 35.1 Å². The van der Waals surface area contributed by atoms with Gasteiger partial charge < -0.3 is 10.1 Å². The van der Waals surface area contributed by atoms with E-state index in [-0.39, 0.29) is 23.2 Å². The Kier molecular flexibility index (Phi) is 3.87. The molecule has 140 valence electrons. The summed E-state index contributed by atoms with van der Waals surface area (Å²) in [5.41, 5.74) is 0.871. The number of hydrogen-bond acceptors (Lipinski definition) is 3. The Labute approximate surface area is 154 Å². The van der Waals surface area contributed by atoms with Crippen molar-refractivity contribution in [2.24, 2.45) is 17.8 Å². The summed E-state index contributed by atoms with van der Waals surface area (Å²) in [6.07, 6.45) is 5.25. The van der Waals surface area contributed by atoms with Gasteiger partial charge in [-0.3, -0.25) is 9.69 Å². The summed E-state index contributed by atoms with van der Waals surface area (Å²) in [5.74, 6) is 1.00. The van der Waals surface area contributed by atoms with Gasteiger partial charge in [-0.25, -0.2) is 4.39 Å². The number of ether oxygens (including phenoxy) is 1. The number of benzene rings is 1. The van der Waals surface area contributed by atoms with E-state index in [2.05, 4.69) is 10.2 Å². The number of nitrogens with one attached hydrogen (secondary N) is 1. The number of nitrogens with zero attached hydrogens (tertiary/aromatic N) is 1. The Balaban J connectivity index is 1.27. The first kappa shape index (κ1) is 16.7. The number of carbonyl (C=O) groups is 1. The van der Waals surface area contributed by atoms with Gasteiger partial charge in [0.2, 0.25) is 0 Å². The van der Waals surface area contributed by atoms with E-state index in [0.717, 1.165) is 31.8 Å². The third-order valence-corrected chi connectivity index (χ3v) is 7.02. The first-order valence-electron chi connectivity index (χ1n) is 9.99. The molecule has 0 unspecified atom stereocenters. The lowest BCUT2D eigenvalue weighted by atomic mass is 9.73. The van der Waals surface area contributed by atoms with E-state index in [1.807, 2.05) is 0 Å². The fraction of sp³-hybridized carbons (Fsp3) is 0.667. The van der Waals surface area contributed by atoms with Crippen LogP contribution in [0.3, 0.4) is 0 Å². The minimum absolute atomic E-state index is 0.0167. The molecule has 1 aliphatic carbocycles. The highest BCUT2D eigenvalue weighted by Gasteiger charge is 2.62. The molecule has 1 N–H and O–H groups in total. The van der Waals surface area contributed by atoms with Gasteiger partial charge in [0.1, 0.15) is 5.82 Å². The van der Waals surface area contributed by atoms with Crippen LogP contribution in [0.4, 0.5) is 4.39 Å². The molecule has 1 spiro atoms. The van der Waals surface area contributed by atoms with E-state index >= 15 is 0 Å². The molecule has 0 aromatic heterocycles. The van der Waals surface area contributed by atoms with Crippen LogP contribution < -0.4 is 5.32 Å². The second-order valence-electron chi connectivity index (χ2n) is 8.81. The highest BCUT2D eigenvalue weighted by molar-refractivity contribution is 5.95. The second kappa shape index (κ2) is 6.03. The predicted molar refractivity (Wildman–Crippen MR) is 96.5 cm³/mol. The first-order chi connectivity index (χ1) is 12.6. The molecular formula is C21H27FN2O2. The average molecular weight is 358 g/mol. The third kappa shape index (κ3) is 2.67. The maximum Gasteiger partial charge on any atom is 0.254 e. The van der Waals surface area contributed by atoms with Crippen molar-refractivity contribution in [3.63, 3.8) is 0 Å². The number of carbonyl (C=O) groups excluding carboxylic acids is 1. The van der Waals surface area contributed by atoms with E-state index in [4.69, 9.17) is 4.74 Å². The zero-order valence-electron chi connectivity index (χ0n) is 15.3. The van der Waals surface area contributed by atoms with Crippen LogP contribution in [0.15, 0.2) is 18.2 Å². The molecule has 3 heterocycles. The molecule has 4 aliphatic rings. The standard InChI is InChI=1S/C21H27FN2O2/c1-13-3-2-4-17(22)19(13)20(25)23-9-15-16-11-24(10-14-5-6-14)12-21(16)8-7-18(15)26-21/h2-4,14-16,18H,5-12H2,1H3,(H,23,25)/t15-,16+,18+,21+/m0/s1. The molecule has 1 amide bonds. The number of amides is 1. The maximum atomic E-state index is 14.1. The minimum Gasteiger partial charge on any atom is -0.370 e. The quantitative estimate of drug-likeness (QED) is 0.880. The van der Waals surface area contributed by atoms with Gasteiger partial charge >= 0.3 is 0 Å². The summed E-state index contributed by atoms with van der Waals surface area (Å²) < 4.78 is 20.5. The highest BCUT2D eigenvalue weighted by atomic mass is 19.1. The second-order valence-corrected chi connectivity index (χ2v) is 8.81. The summed E-state index contributed by atoms with van der Waals surface area (Å²) >= 11 is 0. The van der Waals surface area contributed by atoms with Crippen molar-refractivity contribution in [3.8, 4) is 0 Å². The fourth-order valence-corrected chi connectivity index (χ4v) is 5.58. The van der Waals surface area contributed by atoms with E-state index in [0.29, 0.717) is 23.9 Å². The van der Waals surface area contributed by atoms with Gasteiger partial charge in [0.25, 0.3) is 5.91 Å². The SMILES string of the molecule is Cc1cccc(F)c1C(=O)NC[C@H]1[C@H]2CN(CC3CC3)C[C@]23CC[C@H]1O3. The van der Waals surface area contributed by atoms with E-state index < -0.39 is 5.82 Å². The van der Waals surface area contributed by atoms with Crippen LogP contribution in [0.25, 0.3) is 0 Å². The van der Waals surface area contributed by atoms with Crippen molar-refractivity contribution in [2.75, 3.05) is 26.2 Å². The van der Waals surface area contributed by atoms with Crippen LogP contribution in [0, 0.1) is 30.5 Å². The fourth-order valence-electron chi connectivity index (χ4n) is 5.58. The number of aryl methyl sites for hydroxylation is 1. The Morgan fingerprint density at radius 3 is 3.00 bits per heavy atom. The minimum atomic E-state index is -0.445. The van der Waals surface area contributed by atoms with Crippen molar-refractivity contribution >= 4 is 5.91 Å². The average Bonchev–Trinajstić information content (AvgIpc) is 3.09. The number of hydrogen-bond donors (Lipinski definition) is 1. The smallest absolute Gasteiger partial charge is 0.254 e. The largest absolute Gasteiger partial charge is 0.370 e. The molecule has 5 heteroatoms. The molecular weight excluding hydrogens is 331 g/mol. The lowest BCUT2D eigenvalue weighted by molar-refractivity contribution is 0.00244. The van der Waals surface area contributed by atoms with Crippen LogP contribution in [-0.4, -0.2) is 48.7 Å². The predicted octanol–water partition coefficient (Wildman–Crippen LogP) is 2.75. The van der Waals surface area contributed by atoms with Gasteiger partial charge in [0.15, 0.2) is 0 Å². The molecule has 4 nitrogen and oxygen atoms in total. The van der Waals surface area contributed by atoms with Gasteiger partial charge in [-0.2, -0.15) is 0 Å². The van der Waals surface area contributed by atoms with Crippen LogP contribution in [0.5, 0.6) is 0 Å². The van der Waals surface area contributed by atoms with Crippen LogP contribution >= 0.6 is 0 Å². The summed E-state index contributed by atoms with van der Waals surface area (Å²) in [6.45, 7) is 5.72. The van der Waals surface area contributed by atoms with Gasteiger partial charge in [0.05, 0.1) is 17.3 Å². The number of fused-ring (bicyclic) bond motifs is 1. The van der Waals surface area contributed by atoms with E-state index in [9.17, 15) is 9.18 Å². The van der Waals surface area contributed by atoms with E-state index in [1.54, 1.807) is 19.1 Å². The van der Waals surface area contributed by atoms with Crippen molar-refractivity contribution in [2.45, 2.75) is 44.3 Å². The summed E-state index contributed by atoms with van der Waals surface area (Å²) in [5, 5.41) is 3.01. The lowest BCUT2D eigenvalue weighted by Crippen LogP contribution is -2.42. The highest BCUT2D eigenvalue weighted by Crippen LogP contribution is 2.55. The third-order valence-electron chi connectivity index (χ3n) is 7.02. The molecule has 4 atom stereocenters. The number of rotatable bonds is 5. The molecule has 0 radical (unpaired) electrons. The lowest BCUT2D eigenvalue weighted by Gasteiger charge is -2.29. The molecule has 1 aromatic carbocycles. The molecule has 1 saturated carbocycles. The van der Waals surface area contributed by atoms with Gasteiger partial charge in [-0.15, -0.1) is 0 Å². The van der Waals surface area contributed by atoms with E-state index in [1.165, 1.54) is 25.5 Å². The molecule has 3 saturated heterocycles. The molecule has 4 fully saturated rings. The normalized spacial score (nSPS) is 35.7. The zero-order valence-corrected chi connectivity index (χ0v) is 15.3. The van der Waals surface area contributed by atoms with Crippen molar-refractivity contribution in [1.82, 2.24) is 10.2 Å². The van der Waals surface area contributed by atoms with Crippen LogP contribution in [-0.2, 0) is 4.74 Å². The van der Waals surface area contributed by atoms with Gasteiger partial charge in [-0.1, -0.05) is 12.1 Å². The zero-order chi connectivity index (χ0) is 17.9. The monoisotopic (exact) mass is 358 g/mol. The van der Waals surface area contributed by atoms with Gasteiger partial charge in [0, 0.05) is 38.0 Å². The molecule has 1 aromatic rings. The number of likely N-dealkylation sites (tertiary alicyclic amines) is 1. The maximum absolute atomic E-state index is 14.1. The Morgan fingerprint density at radius 2 is 2.23 bits per heavy atom. The topological polar surface area (TPSA) is 41.6 Å². The van der Waals surface area contributed by atoms with Gasteiger partial charge in [-0.05, 0) is 50.2 Å². The van der Waals surface area contributed by atoms with Crippen molar-refractivity contribution < 1.29 is 13.9 Å². The van der Waals surface area contributed by atoms with Crippen LogP contribution in [0.2, 0.25) is 0 Å². The summed E-state index contributed by atoms with van der Waals surface area (Å²) in [6, 6.07) is 4.77. The van der Waals surface area contributed by atoms with Crippen molar-refractivity contribution in [1.29, 1.82) is 0 Å². The molecule has 2 bridgehead atoms. The summed E-state index contributed by atoms with van der Waals surface area (Å²) in [7, 11) is 0. The Hall–Kier alpha value is -1.46. The molecule has 26 heavy (non-hydrogen) atoms. The van der Waals surface area contributed by atoms with Crippen LogP contribution in [0.1, 0.15) is 41.6 Å². The summed E-state index contributed by atoms with van der Waals surface area (Å²) in [4.78, 5) is 15.1. The number of halogens is 1. The molecule has 3 aliphatic heterocycles. The first-order valence-corrected chi connectivity index (χ1v) is 9.99. The Morgan fingerprint density at radius 1 is 1.38 bits per heavy atom. The molecule has 5 rings (SSSR count).